The summed E-state index contributed by atoms with van der Waals surface area (Å²) in [6, 6.07) is 5.83. The Labute approximate surface area is 199 Å². The molecule has 0 unspecified atom stereocenters. The number of benzene rings is 1. The number of amides is 2. The smallest absolute Gasteiger partial charge is 0.254 e. The van der Waals surface area contributed by atoms with Crippen molar-refractivity contribution in [2.45, 2.75) is 52.5 Å². The third-order valence-electron chi connectivity index (χ3n) is 6.54. The number of rotatable bonds is 4. The summed E-state index contributed by atoms with van der Waals surface area (Å²) >= 11 is 0. The predicted octanol–water partition coefficient (Wildman–Crippen LogP) is 2.99. The van der Waals surface area contributed by atoms with E-state index < -0.39 is 0 Å². The fraction of sp³-hybridized carbons (Fsp3) is 0.692. The first-order chi connectivity index (χ1) is 15.9. The molecule has 1 fully saturated rings. The van der Waals surface area contributed by atoms with E-state index in [2.05, 4.69) is 36.0 Å². The normalized spacial score (nSPS) is 20.0. The van der Waals surface area contributed by atoms with Crippen LogP contribution in [0.4, 0.5) is 0 Å². The van der Waals surface area contributed by atoms with Crippen LogP contribution in [-0.4, -0.2) is 86.0 Å². The number of nitrogens with one attached hydrogen (secondary N) is 1. The van der Waals surface area contributed by atoms with Crippen LogP contribution in [0.25, 0.3) is 0 Å². The van der Waals surface area contributed by atoms with Gasteiger partial charge in [0.05, 0.1) is 13.2 Å². The predicted molar refractivity (Wildman–Crippen MR) is 132 cm³/mol. The van der Waals surface area contributed by atoms with E-state index in [0.717, 1.165) is 76.1 Å². The molecule has 0 bridgehead atoms. The minimum Gasteiger partial charge on any atom is -0.493 e. The van der Waals surface area contributed by atoms with Crippen LogP contribution in [0.2, 0.25) is 0 Å². The first-order valence-electron chi connectivity index (χ1n) is 12.7. The van der Waals surface area contributed by atoms with Crippen molar-refractivity contribution < 1.29 is 14.3 Å². The van der Waals surface area contributed by atoms with Crippen molar-refractivity contribution in [2.24, 2.45) is 5.92 Å². The van der Waals surface area contributed by atoms with Gasteiger partial charge in [0.15, 0.2) is 0 Å². The molecule has 0 aromatic heterocycles. The van der Waals surface area contributed by atoms with E-state index >= 15 is 0 Å². The highest BCUT2D eigenvalue weighted by Gasteiger charge is 2.25. The van der Waals surface area contributed by atoms with Crippen LogP contribution in [0.1, 0.15) is 61.9 Å². The maximum Gasteiger partial charge on any atom is 0.254 e. The van der Waals surface area contributed by atoms with Crippen molar-refractivity contribution >= 4 is 11.8 Å². The van der Waals surface area contributed by atoms with Crippen molar-refractivity contribution in [1.82, 2.24) is 20.0 Å². The molecule has 2 heterocycles. The Bertz CT molecular complexity index is 783. The Kier molecular flexibility index (Phi) is 10.0. The van der Waals surface area contributed by atoms with Gasteiger partial charge in [-0.2, -0.15) is 0 Å². The number of hydrogen-bond acceptors (Lipinski definition) is 5. The summed E-state index contributed by atoms with van der Waals surface area (Å²) in [5.41, 5.74) is 1.62. The summed E-state index contributed by atoms with van der Waals surface area (Å²) in [4.78, 5) is 32.7. The maximum absolute atomic E-state index is 13.7. The van der Waals surface area contributed by atoms with E-state index in [0.29, 0.717) is 37.7 Å². The number of fused-ring (bicyclic) bond motifs is 1. The number of nitrogens with zero attached hydrogens (tertiary/aromatic N) is 3. The monoisotopic (exact) mass is 458 g/mol. The minimum atomic E-state index is 0.0554. The fourth-order valence-electron chi connectivity index (χ4n) is 4.44. The maximum atomic E-state index is 13.7. The van der Waals surface area contributed by atoms with E-state index in [4.69, 9.17) is 4.74 Å². The lowest BCUT2D eigenvalue weighted by Gasteiger charge is -2.27. The molecular weight excluding hydrogens is 416 g/mol. The molecule has 7 nitrogen and oxygen atoms in total. The summed E-state index contributed by atoms with van der Waals surface area (Å²) in [5, 5.41) is 3.06. The second kappa shape index (κ2) is 12.9. The molecule has 1 aromatic rings. The van der Waals surface area contributed by atoms with Crippen LogP contribution in [0, 0.1) is 5.92 Å². The summed E-state index contributed by atoms with van der Waals surface area (Å²) in [7, 11) is 2.11. The molecular formula is C26H42N4O3. The lowest BCUT2D eigenvalue weighted by molar-refractivity contribution is -0.122. The molecule has 33 heavy (non-hydrogen) atoms. The van der Waals surface area contributed by atoms with Gasteiger partial charge in [-0.05, 0) is 70.3 Å². The van der Waals surface area contributed by atoms with Gasteiger partial charge in [-0.1, -0.05) is 19.9 Å². The molecule has 0 spiro atoms. The molecule has 2 aliphatic heterocycles. The molecule has 7 heteroatoms. The van der Waals surface area contributed by atoms with E-state index in [1.54, 1.807) is 0 Å². The summed E-state index contributed by atoms with van der Waals surface area (Å²) in [6.45, 7) is 10.8. The number of hydrogen-bond donors (Lipinski definition) is 1. The molecule has 1 saturated heterocycles. The second-order valence-electron chi connectivity index (χ2n) is 9.88. The third kappa shape index (κ3) is 8.00. The first-order valence-corrected chi connectivity index (χ1v) is 12.7. The van der Waals surface area contributed by atoms with Crippen molar-refractivity contribution in [3.05, 3.63) is 29.3 Å². The first kappa shape index (κ1) is 25.5. The Morgan fingerprint density at radius 1 is 1.06 bits per heavy atom. The highest BCUT2D eigenvalue weighted by Crippen LogP contribution is 2.27. The van der Waals surface area contributed by atoms with E-state index in [-0.39, 0.29) is 11.8 Å². The van der Waals surface area contributed by atoms with Crippen molar-refractivity contribution in [2.75, 3.05) is 59.5 Å². The molecule has 1 aromatic carbocycles. The summed E-state index contributed by atoms with van der Waals surface area (Å²) in [5.74, 6) is 1.45. The second-order valence-corrected chi connectivity index (χ2v) is 9.88. The van der Waals surface area contributed by atoms with Crippen LogP contribution >= 0.6 is 0 Å². The zero-order valence-electron chi connectivity index (χ0n) is 20.8. The minimum absolute atomic E-state index is 0.0554. The SMILES string of the molecule is CC(C)CCN1CC(=O)NCCCCCOc2cccc(C(=O)N3CCCN(C)CC3)c2C1. The molecule has 1 N–H and O–H groups in total. The average Bonchev–Trinajstić information content (AvgIpc) is 3.00. The van der Waals surface area contributed by atoms with Gasteiger partial charge in [-0.3, -0.25) is 14.5 Å². The van der Waals surface area contributed by atoms with Gasteiger partial charge in [0.2, 0.25) is 5.91 Å². The lowest BCUT2D eigenvalue weighted by Crippen LogP contribution is -2.39. The number of carbonyl (C=O) groups is 2. The molecule has 0 aliphatic carbocycles. The number of ether oxygens (including phenoxy) is 1. The fourth-order valence-corrected chi connectivity index (χ4v) is 4.44. The highest BCUT2D eigenvalue weighted by molar-refractivity contribution is 5.96. The van der Waals surface area contributed by atoms with Gasteiger partial charge >= 0.3 is 0 Å². The van der Waals surface area contributed by atoms with Gasteiger partial charge < -0.3 is 19.9 Å². The topological polar surface area (TPSA) is 65.1 Å². The standard InChI is InChI=1S/C26H42N4O3/c1-21(2)11-15-29-19-23-22(26(32)30-14-8-13-28(3)16-17-30)9-7-10-24(23)33-18-6-4-5-12-27-25(31)20-29/h7,9-10,21H,4-6,8,11-20H2,1-3H3,(H,27,31). The van der Waals surface area contributed by atoms with Crippen LogP contribution in [0.5, 0.6) is 5.75 Å². The highest BCUT2D eigenvalue weighted by atomic mass is 16.5. The van der Waals surface area contributed by atoms with Gasteiger partial charge in [-0.25, -0.2) is 0 Å². The lowest BCUT2D eigenvalue weighted by atomic mass is 10.0. The Morgan fingerprint density at radius 2 is 1.91 bits per heavy atom. The third-order valence-corrected chi connectivity index (χ3v) is 6.54. The van der Waals surface area contributed by atoms with Crippen LogP contribution in [0.3, 0.4) is 0 Å². The Morgan fingerprint density at radius 3 is 2.73 bits per heavy atom. The average molecular weight is 459 g/mol. The Hall–Kier alpha value is -2.12. The summed E-state index contributed by atoms with van der Waals surface area (Å²) in [6.07, 6.45) is 4.87. The zero-order valence-corrected chi connectivity index (χ0v) is 20.8. The van der Waals surface area contributed by atoms with Gasteiger partial charge in [0.1, 0.15) is 5.75 Å². The van der Waals surface area contributed by atoms with E-state index in [1.165, 1.54) is 0 Å². The van der Waals surface area contributed by atoms with Crippen molar-refractivity contribution in [3.63, 3.8) is 0 Å². The van der Waals surface area contributed by atoms with Gasteiger partial charge in [0, 0.05) is 43.9 Å². The van der Waals surface area contributed by atoms with Crippen LogP contribution in [0.15, 0.2) is 18.2 Å². The van der Waals surface area contributed by atoms with E-state index in [1.807, 2.05) is 23.1 Å². The number of likely N-dealkylation sites (N-methyl/N-ethyl adjacent to an activating group) is 1. The van der Waals surface area contributed by atoms with Gasteiger partial charge in [-0.15, -0.1) is 0 Å². The molecule has 0 radical (unpaired) electrons. The molecule has 184 valence electrons. The molecule has 0 saturated carbocycles. The van der Waals surface area contributed by atoms with Crippen LogP contribution in [-0.2, 0) is 11.3 Å². The Balaban J connectivity index is 1.90. The van der Waals surface area contributed by atoms with Crippen molar-refractivity contribution in [1.29, 1.82) is 0 Å². The van der Waals surface area contributed by atoms with Gasteiger partial charge in [0.25, 0.3) is 5.91 Å². The summed E-state index contributed by atoms with van der Waals surface area (Å²) < 4.78 is 6.21. The largest absolute Gasteiger partial charge is 0.493 e. The molecule has 2 aliphatic rings. The molecule has 2 amide bonds. The van der Waals surface area contributed by atoms with Crippen LogP contribution < -0.4 is 10.1 Å². The number of carbonyl (C=O) groups excluding carboxylic acids is 2. The molecule has 3 rings (SSSR count). The van der Waals surface area contributed by atoms with E-state index in [9.17, 15) is 9.59 Å². The zero-order chi connectivity index (χ0) is 23.6. The molecule has 0 atom stereocenters. The quantitative estimate of drug-likeness (QED) is 0.752. The van der Waals surface area contributed by atoms with Crippen molar-refractivity contribution in [3.8, 4) is 5.75 Å².